The number of nitrogens with zero attached hydrogens (tertiary/aromatic N) is 2. The quantitative estimate of drug-likeness (QED) is 0.745. The predicted molar refractivity (Wildman–Crippen MR) is 61.1 cm³/mol. The smallest absolute Gasteiger partial charge is 0.228 e. The molecule has 0 spiro atoms. The van der Waals surface area contributed by atoms with Crippen LogP contribution in [0.5, 0.6) is 0 Å². The fourth-order valence-electron chi connectivity index (χ4n) is 1.99. The van der Waals surface area contributed by atoms with E-state index < -0.39 is 0 Å². The van der Waals surface area contributed by atoms with Gasteiger partial charge < -0.3 is 10.2 Å². The molecular formula is C11H18N4O. The average molecular weight is 222 g/mol. The maximum atomic E-state index is 12.0. The van der Waals surface area contributed by atoms with Gasteiger partial charge in [-0.05, 0) is 19.9 Å². The van der Waals surface area contributed by atoms with E-state index in [1.54, 1.807) is 0 Å². The lowest BCUT2D eigenvalue weighted by atomic mass is 10.2. The molecule has 5 nitrogen and oxygen atoms in total. The minimum absolute atomic E-state index is 0.167. The molecule has 1 amide bonds. The molecule has 2 heterocycles. The van der Waals surface area contributed by atoms with E-state index in [1.807, 2.05) is 17.9 Å². The SMILES string of the molecule is Cc1cc(CC(=O)N2CCNC(C)C2)n[nH]1. The third-order valence-electron chi connectivity index (χ3n) is 2.81. The Balaban J connectivity index is 1.92. The number of hydrogen-bond acceptors (Lipinski definition) is 3. The summed E-state index contributed by atoms with van der Waals surface area (Å²) in [6, 6.07) is 2.31. The van der Waals surface area contributed by atoms with Crippen LogP contribution in [0.1, 0.15) is 18.3 Å². The number of aromatic nitrogens is 2. The summed E-state index contributed by atoms with van der Waals surface area (Å²) in [5.74, 6) is 0.167. The van der Waals surface area contributed by atoms with Crippen LogP contribution in [-0.4, -0.2) is 46.7 Å². The first-order valence-electron chi connectivity index (χ1n) is 5.67. The first-order valence-corrected chi connectivity index (χ1v) is 5.67. The number of hydrogen-bond donors (Lipinski definition) is 2. The van der Waals surface area contributed by atoms with Gasteiger partial charge in [-0.25, -0.2) is 0 Å². The molecule has 0 aliphatic carbocycles. The van der Waals surface area contributed by atoms with Crippen molar-refractivity contribution in [2.24, 2.45) is 0 Å². The van der Waals surface area contributed by atoms with Gasteiger partial charge in [0.25, 0.3) is 0 Å². The molecule has 1 aromatic heterocycles. The van der Waals surface area contributed by atoms with Crippen molar-refractivity contribution in [3.63, 3.8) is 0 Å². The van der Waals surface area contributed by atoms with Crippen molar-refractivity contribution in [3.8, 4) is 0 Å². The van der Waals surface area contributed by atoms with Crippen LogP contribution in [0.15, 0.2) is 6.07 Å². The summed E-state index contributed by atoms with van der Waals surface area (Å²) in [7, 11) is 0. The van der Waals surface area contributed by atoms with Crippen molar-refractivity contribution in [1.29, 1.82) is 0 Å². The third-order valence-corrected chi connectivity index (χ3v) is 2.81. The van der Waals surface area contributed by atoms with Gasteiger partial charge in [-0.2, -0.15) is 5.10 Å². The Labute approximate surface area is 95.2 Å². The Morgan fingerprint density at radius 3 is 3.12 bits per heavy atom. The van der Waals surface area contributed by atoms with Crippen LogP contribution in [0.25, 0.3) is 0 Å². The summed E-state index contributed by atoms with van der Waals surface area (Å²) in [5.41, 5.74) is 1.82. The highest BCUT2D eigenvalue weighted by Gasteiger charge is 2.20. The molecule has 88 valence electrons. The molecule has 1 unspecified atom stereocenters. The molecule has 0 saturated carbocycles. The number of aryl methyl sites for hydroxylation is 1. The summed E-state index contributed by atoms with van der Waals surface area (Å²) in [6.07, 6.45) is 0.400. The van der Waals surface area contributed by atoms with Gasteiger partial charge in [-0.3, -0.25) is 9.89 Å². The zero-order valence-corrected chi connectivity index (χ0v) is 9.79. The third kappa shape index (κ3) is 2.61. The second kappa shape index (κ2) is 4.65. The number of rotatable bonds is 2. The number of nitrogens with one attached hydrogen (secondary N) is 2. The van der Waals surface area contributed by atoms with Gasteiger partial charge in [0.2, 0.25) is 5.91 Å². The lowest BCUT2D eigenvalue weighted by Gasteiger charge is -2.31. The van der Waals surface area contributed by atoms with Crippen LogP contribution >= 0.6 is 0 Å². The summed E-state index contributed by atoms with van der Waals surface area (Å²) < 4.78 is 0. The van der Waals surface area contributed by atoms with E-state index in [0.717, 1.165) is 31.0 Å². The Bertz CT molecular complexity index is 374. The highest BCUT2D eigenvalue weighted by atomic mass is 16.2. The molecule has 1 saturated heterocycles. The number of H-pyrrole nitrogens is 1. The number of amides is 1. The van der Waals surface area contributed by atoms with Crippen molar-refractivity contribution in [3.05, 3.63) is 17.5 Å². The molecule has 0 aromatic carbocycles. The Morgan fingerprint density at radius 1 is 1.69 bits per heavy atom. The normalized spacial score (nSPS) is 21.1. The summed E-state index contributed by atoms with van der Waals surface area (Å²) in [6.45, 7) is 6.51. The number of carbonyl (C=O) groups is 1. The monoisotopic (exact) mass is 222 g/mol. The Morgan fingerprint density at radius 2 is 2.50 bits per heavy atom. The van der Waals surface area contributed by atoms with Crippen molar-refractivity contribution >= 4 is 5.91 Å². The summed E-state index contributed by atoms with van der Waals surface area (Å²) in [5, 5.41) is 10.3. The minimum atomic E-state index is 0.167. The predicted octanol–water partition coefficient (Wildman–Crippen LogP) is 0.0809. The zero-order valence-electron chi connectivity index (χ0n) is 9.79. The molecule has 1 aliphatic rings. The van der Waals surface area contributed by atoms with Gasteiger partial charge in [-0.1, -0.05) is 0 Å². The van der Waals surface area contributed by atoms with Gasteiger partial charge in [0.05, 0.1) is 12.1 Å². The van der Waals surface area contributed by atoms with Crippen LogP contribution in [0.4, 0.5) is 0 Å². The van der Waals surface area contributed by atoms with Gasteiger partial charge in [0.1, 0.15) is 0 Å². The highest BCUT2D eigenvalue weighted by molar-refractivity contribution is 5.78. The zero-order chi connectivity index (χ0) is 11.5. The van der Waals surface area contributed by atoms with Crippen LogP contribution in [0, 0.1) is 6.92 Å². The van der Waals surface area contributed by atoms with Crippen molar-refractivity contribution in [1.82, 2.24) is 20.4 Å². The number of carbonyl (C=O) groups excluding carboxylic acids is 1. The maximum Gasteiger partial charge on any atom is 0.228 e. The minimum Gasteiger partial charge on any atom is -0.340 e. The molecule has 1 atom stereocenters. The summed E-state index contributed by atoms with van der Waals surface area (Å²) in [4.78, 5) is 13.9. The van der Waals surface area contributed by atoms with Crippen LogP contribution in [0.2, 0.25) is 0 Å². The number of piperazine rings is 1. The van der Waals surface area contributed by atoms with E-state index in [4.69, 9.17) is 0 Å². The second-order valence-electron chi connectivity index (χ2n) is 4.41. The second-order valence-corrected chi connectivity index (χ2v) is 4.41. The molecule has 1 aromatic rings. The van der Waals surface area contributed by atoms with Gasteiger partial charge in [-0.15, -0.1) is 0 Å². The molecule has 1 aliphatic heterocycles. The van der Waals surface area contributed by atoms with Crippen molar-refractivity contribution in [2.75, 3.05) is 19.6 Å². The molecule has 16 heavy (non-hydrogen) atoms. The van der Waals surface area contributed by atoms with E-state index in [1.165, 1.54) is 0 Å². The van der Waals surface area contributed by atoms with E-state index >= 15 is 0 Å². The van der Waals surface area contributed by atoms with E-state index in [-0.39, 0.29) is 5.91 Å². The van der Waals surface area contributed by atoms with Crippen molar-refractivity contribution < 1.29 is 4.79 Å². The molecule has 2 rings (SSSR count). The largest absolute Gasteiger partial charge is 0.340 e. The average Bonchev–Trinajstić information content (AvgIpc) is 2.64. The van der Waals surface area contributed by atoms with Crippen molar-refractivity contribution in [2.45, 2.75) is 26.3 Å². The Hall–Kier alpha value is -1.36. The van der Waals surface area contributed by atoms with Crippen LogP contribution < -0.4 is 5.32 Å². The number of aromatic amines is 1. The topological polar surface area (TPSA) is 61.0 Å². The first kappa shape index (κ1) is 11.1. The standard InChI is InChI=1S/C11H18N4O/c1-8-5-10(14-13-8)6-11(16)15-4-3-12-9(2)7-15/h5,9,12H,3-4,6-7H2,1-2H3,(H,13,14). The van der Waals surface area contributed by atoms with Crippen LogP contribution in [0.3, 0.4) is 0 Å². The van der Waals surface area contributed by atoms with E-state index in [9.17, 15) is 4.79 Å². The fraction of sp³-hybridized carbons (Fsp3) is 0.636. The van der Waals surface area contributed by atoms with E-state index in [0.29, 0.717) is 12.5 Å². The molecule has 1 fully saturated rings. The molecule has 0 radical (unpaired) electrons. The molecule has 2 N–H and O–H groups in total. The van der Waals surface area contributed by atoms with Crippen LogP contribution in [-0.2, 0) is 11.2 Å². The molecule has 0 bridgehead atoms. The highest BCUT2D eigenvalue weighted by Crippen LogP contribution is 2.05. The van der Waals surface area contributed by atoms with E-state index in [2.05, 4.69) is 22.4 Å². The maximum absolute atomic E-state index is 12.0. The van der Waals surface area contributed by atoms with Gasteiger partial charge >= 0.3 is 0 Å². The lowest BCUT2D eigenvalue weighted by Crippen LogP contribution is -2.51. The molecule has 5 heteroatoms. The summed E-state index contributed by atoms with van der Waals surface area (Å²) >= 11 is 0. The fourth-order valence-corrected chi connectivity index (χ4v) is 1.99. The van der Waals surface area contributed by atoms with Gasteiger partial charge in [0, 0.05) is 31.4 Å². The molecular weight excluding hydrogens is 204 g/mol. The van der Waals surface area contributed by atoms with Gasteiger partial charge in [0.15, 0.2) is 0 Å². The first-order chi connectivity index (χ1) is 7.65. The lowest BCUT2D eigenvalue weighted by molar-refractivity contribution is -0.131. The Kier molecular flexibility index (Phi) is 3.24.